The van der Waals surface area contributed by atoms with Crippen LogP contribution in [0.1, 0.15) is 15.9 Å². The second-order valence-corrected chi connectivity index (χ2v) is 7.33. The molecule has 0 bridgehead atoms. The quantitative estimate of drug-likeness (QED) is 0.709. The predicted molar refractivity (Wildman–Crippen MR) is 103 cm³/mol. The standard InChI is InChI=1S/C20H15N3O3S/c21-14-15-5-4-6-16(13-15)20(24)22-17-9-11-19(12-10-17)27(25,26)23-18-7-2-1-3-8-18/h1-13,23H,(H,22,24). The van der Waals surface area contributed by atoms with Gasteiger partial charge in [-0.05, 0) is 54.6 Å². The third-order valence-electron chi connectivity index (χ3n) is 3.70. The number of amides is 1. The van der Waals surface area contributed by atoms with Gasteiger partial charge in [0.05, 0.1) is 16.5 Å². The van der Waals surface area contributed by atoms with Crippen molar-refractivity contribution in [1.82, 2.24) is 0 Å². The van der Waals surface area contributed by atoms with E-state index in [1.807, 2.05) is 6.07 Å². The highest BCUT2D eigenvalue weighted by Crippen LogP contribution is 2.18. The molecule has 2 N–H and O–H groups in total. The van der Waals surface area contributed by atoms with Gasteiger partial charge in [-0.3, -0.25) is 9.52 Å². The minimum Gasteiger partial charge on any atom is -0.322 e. The molecule has 27 heavy (non-hydrogen) atoms. The maximum Gasteiger partial charge on any atom is 0.261 e. The van der Waals surface area contributed by atoms with Gasteiger partial charge in [0.2, 0.25) is 0 Å². The van der Waals surface area contributed by atoms with E-state index in [0.29, 0.717) is 22.5 Å². The van der Waals surface area contributed by atoms with E-state index in [-0.39, 0.29) is 10.8 Å². The van der Waals surface area contributed by atoms with Gasteiger partial charge in [0, 0.05) is 16.9 Å². The topological polar surface area (TPSA) is 99.1 Å². The second kappa shape index (κ2) is 7.72. The molecular formula is C20H15N3O3S. The summed E-state index contributed by atoms with van der Waals surface area (Å²) in [7, 11) is -3.72. The highest BCUT2D eigenvalue weighted by atomic mass is 32.2. The van der Waals surface area contributed by atoms with Crippen LogP contribution in [0.25, 0.3) is 0 Å². The van der Waals surface area contributed by atoms with Gasteiger partial charge in [-0.2, -0.15) is 5.26 Å². The number of anilines is 2. The van der Waals surface area contributed by atoms with Crippen LogP contribution >= 0.6 is 0 Å². The van der Waals surface area contributed by atoms with Crippen molar-refractivity contribution in [2.75, 3.05) is 10.0 Å². The number of hydrogen-bond donors (Lipinski definition) is 2. The lowest BCUT2D eigenvalue weighted by atomic mass is 10.1. The molecule has 3 aromatic rings. The summed E-state index contributed by atoms with van der Waals surface area (Å²) in [5, 5.41) is 11.6. The first-order valence-corrected chi connectivity index (χ1v) is 9.46. The van der Waals surface area contributed by atoms with Gasteiger partial charge in [0.15, 0.2) is 0 Å². The van der Waals surface area contributed by atoms with E-state index >= 15 is 0 Å². The van der Waals surface area contributed by atoms with E-state index < -0.39 is 10.0 Å². The van der Waals surface area contributed by atoms with Crippen LogP contribution in [0.3, 0.4) is 0 Å². The molecule has 7 heteroatoms. The summed E-state index contributed by atoms with van der Waals surface area (Å²) in [5.41, 5.74) is 1.64. The maximum atomic E-state index is 12.4. The Bertz CT molecular complexity index is 1100. The van der Waals surface area contributed by atoms with Gasteiger partial charge >= 0.3 is 0 Å². The fraction of sp³-hybridized carbons (Fsp3) is 0. The number of para-hydroxylation sites is 1. The SMILES string of the molecule is N#Cc1cccc(C(=O)Nc2ccc(S(=O)(=O)Nc3ccccc3)cc2)c1. The zero-order valence-corrected chi connectivity index (χ0v) is 14.9. The minimum atomic E-state index is -3.72. The molecule has 0 spiro atoms. The third kappa shape index (κ3) is 4.51. The molecule has 134 valence electrons. The fourth-order valence-corrected chi connectivity index (χ4v) is 3.43. The summed E-state index contributed by atoms with van der Waals surface area (Å²) in [4.78, 5) is 12.3. The molecular weight excluding hydrogens is 362 g/mol. The zero-order chi connectivity index (χ0) is 19.3. The number of nitrogens with one attached hydrogen (secondary N) is 2. The summed E-state index contributed by atoms with van der Waals surface area (Å²) in [5.74, 6) is -0.384. The molecule has 3 rings (SSSR count). The van der Waals surface area contributed by atoms with Crippen LogP contribution < -0.4 is 10.0 Å². The van der Waals surface area contributed by atoms with Crippen molar-refractivity contribution in [2.45, 2.75) is 4.90 Å². The lowest BCUT2D eigenvalue weighted by Gasteiger charge is -2.09. The number of carbonyl (C=O) groups excluding carboxylic acids is 1. The van der Waals surface area contributed by atoms with Crippen molar-refractivity contribution in [3.63, 3.8) is 0 Å². The highest BCUT2D eigenvalue weighted by Gasteiger charge is 2.14. The van der Waals surface area contributed by atoms with E-state index in [2.05, 4.69) is 10.0 Å². The van der Waals surface area contributed by atoms with E-state index in [0.717, 1.165) is 0 Å². The molecule has 0 aliphatic heterocycles. The van der Waals surface area contributed by atoms with E-state index in [4.69, 9.17) is 5.26 Å². The molecule has 0 radical (unpaired) electrons. The molecule has 0 unspecified atom stereocenters. The average molecular weight is 377 g/mol. The van der Waals surface area contributed by atoms with Crippen LogP contribution in [-0.2, 0) is 10.0 Å². The normalized spacial score (nSPS) is 10.6. The van der Waals surface area contributed by atoms with Gasteiger partial charge in [-0.15, -0.1) is 0 Å². The Kier molecular flexibility index (Phi) is 5.20. The summed E-state index contributed by atoms with van der Waals surface area (Å²) in [6.45, 7) is 0. The zero-order valence-electron chi connectivity index (χ0n) is 14.1. The highest BCUT2D eigenvalue weighted by molar-refractivity contribution is 7.92. The number of carbonyl (C=O) groups is 1. The monoisotopic (exact) mass is 377 g/mol. The first-order chi connectivity index (χ1) is 13.0. The van der Waals surface area contributed by atoms with Crippen molar-refractivity contribution < 1.29 is 13.2 Å². The molecule has 0 atom stereocenters. The third-order valence-corrected chi connectivity index (χ3v) is 5.10. The molecule has 0 heterocycles. The van der Waals surface area contributed by atoms with Gasteiger partial charge in [0.1, 0.15) is 0 Å². The van der Waals surface area contributed by atoms with Crippen molar-refractivity contribution >= 4 is 27.3 Å². The summed E-state index contributed by atoms with van der Waals surface area (Å²) >= 11 is 0. The Labute approximate surface area is 157 Å². The predicted octanol–water partition coefficient (Wildman–Crippen LogP) is 3.61. The molecule has 0 aromatic heterocycles. The average Bonchev–Trinajstić information content (AvgIpc) is 2.69. The Morgan fingerprint density at radius 3 is 2.22 bits per heavy atom. The molecule has 0 fully saturated rings. The molecule has 0 saturated carbocycles. The van der Waals surface area contributed by atoms with Gasteiger partial charge in [-0.1, -0.05) is 24.3 Å². The van der Waals surface area contributed by atoms with Crippen LogP contribution in [0.15, 0.2) is 83.8 Å². The molecule has 6 nitrogen and oxygen atoms in total. The molecule has 0 aliphatic carbocycles. The van der Waals surface area contributed by atoms with Crippen LogP contribution in [0.4, 0.5) is 11.4 Å². The van der Waals surface area contributed by atoms with E-state index in [9.17, 15) is 13.2 Å². The lowest BCUT2D eigenvalue weighted by molar-refractivity contribution is 0.102. The van der Waals surface area contributed by atoms with Crippen LogP contribution in [0, 0.1) is 11.3 Å². The number of sulfonamides is 1. The largest absolute Gasteiger partial charge is 0.322 e. The summed E-state index contributed by atoms with van der Waals surface area (Å²) < 4.78 is 27.3. The molecule has 0 aliphatic rings. The maximum absolute atomic E-state index is 12.4. The van der Waals surface area contributed by atoms with Crippen LogP contribution in [-0.4, -0.2) is 14.3 Å². The van der Waals surface area contributed by atoms with Gasteiger partial charge in [-0.25, -0.2) is 8.42 Å². The van der Waals surface area contributed by atoms with Crippen molar-refractivity contribution in [2.24, 2.45) is 0 Å². The van der Waals surface area contributed by atoms with Crippen LogP contribution in [0.5, 0.6) is 0 Å². The lowest BCUT2D eigenvalue weighted by Crippen LogP contribution is -2.14. The van der Waals surface area contributed by atoms with Crippen molar-refractivity contribution in [1.29, 1.82) is 5.26 Å². The van der Waals surface area contributed by atoms with Crippen LogP contribution in [0.2, 0.25) is 0 Å². The first kappa shape index (κ1) is 18.2. The first-order valence-electron chi connectivity index (χ1n) is 7.97. The van der Waals surface area contributed by atoms with Gasteiger partial charge < -0.3 is 5.32 Å². The molecule has 1 amide bonds. The Morgan fingerprint density at radius 2 is 1.56 bits per heavy atom. The number of rotatable bonds is 5. The smallest absolute Gasteiger partial charge is 0.261 e. The molecule has 3 aromatic carbocycles. The summed E-state index contributed by atoms with van der Waals surface area (Å²) in [6.07, 6.45) is 0. The Morgan fingerprint density at radius 1 is 0.852 bits per heavy atom. The van der Waals surface area contributed by atoms with E-state index in [1.165, 1.54) is 30.3 Å². The molecule has 0 saturated heterocycles. The number of hydrogen-bond acceptors (Lipinski definition) is 4. The second-order valence-electron chi connectivity index (χ2n) is 5.64. The van der Waals surface area contributed by atoms with Crippen molar-refractivity contribution in [3.8, 4) is 6.07 Å². The minimum absolute atomic E-state index is 0.0795. The Hall–Kier alpha value is -3.63. The number of nitriles is 1. The fourth-order valence-electron chi connectivity index (χ4n) is 2.37. The Balaban J connectivity index is 1.73. The van der Waals surface area contributed by atoms with Crippen molar-refractivity contribution in [3.05, 3.63) is 90.0 Å². The number of benzene rings is 3. The van der Waals surface area contributed by atoms with Gasteiger partial charge in [0.25, 0.3) is 15.9 Å². The number of nitrogens with zero attached hydrogens (tertiary/aromatic N) is 1. The van der Waals surface area contributed by atoms with E-state index in [1.54, 1.807) is 48.5 Å². The summed E-state index contributed by atoms with van der Waals surface area (Å²) in [6, 6.07) is 22.7.